The predicted molar refractivity (Wildman–Crippen MR) is 71.4 cm³/mol. The summed E-state index contributed by atoms with van der Waals surface area (Å²) in [6.45, 7) is 4.08. The summed E-state index contributed by atoms with van der Waals surface area (Å²) in [7, 11) is 0. The predicted octanol–water partition coefficient (Wildman–Crippen LogP) is 4.04. The Morgan fingerprint density at radius 2 is 1.65 bits per heavy atom. The van der Waals surface area contributed by atoms with Gasteiger partial charge in [0, 0.05) is 5.02 Å². The molecular formula is C15H15ClO. The number of halogens is 1. The Morgan fingerprint density at radius 1 is 1.00 bits per heavy atom. The quantitative estimate of drug-likeness (QED) is 0.848. The van der Waals surface area contributed by atoms with Crippen LogP contribution in [0.3, 0.4) is 0 Å². The number of aliphatic hydroxyl groups excluding tert-OH is 1. The van der Waals surface area contributed by atoms with Crippen LogP contribution in [0.1, 0.15) is 28.4 Å². The first-order valence-corrected chi connectivity index (χ1v) is 5.97. The summed E-state index contributed by atoms with van der Waals surface area (Å²) in [5.74, 6) is 0. The minimum Gasteiger partial charge on any atom is -0.384 e. The van der Waals surface area contributed by atoms with Gasteiger partial charge in [-0.3, -0.25) is 0 Å². The van der Waals surface area contributed by atoms with E-state index in [4.69, 9.17) is 11.6 Å². The van der Waals surface area contributed by atoms with Gasteiger partial charge in [-0.1, -0.05) is 41.9 Å². The van der Waals surface area contributed by atoms with Crippen LogP contribution in [0.15, 0.2) is 42.5 Å². The van der Waals surface area contributed by atoms with Gasteiger partial charge in [-0.2, -0.15) is 0 Å². The zero-order valence-corrected chi connectivity index (χ0v) is 10.7. The van der Waals surface area contributed by atoms with E-state index in [9.17, 15) is 5.11 Å². The highest BCUT2D eigenvalue weighted by Crippen LogP contribution is 2.27. The van der Waals surface area contributed by atoms with Crippen LogP contribution in [-0.4, -0.2) is 5.11 Å². The van der Waals surface area contributed by atoms with Crippen molar-refractivity contribution in [3.8, 4) is 0 Å². The van der Waals surface area contributed by atoms with Gasteiger partial charge < -0.3 is 5.11 Å². The van der Waals surface area contributed by atoms with E-state index in [1.807, 2.05) is 44.2 Å². The number of benzene rings is 2. The molecule has 1 unspecified atom stereocenters. The van der Waals surface area contributed by atoms with Crippen LogP contribution >= 0.6 is 11.6 Å². The van der Waals surface area contributed by atoms with Gasteiger partial charge >= 0.3 is 0 Å². The zero-order valence-electron chi connectivity index (χ0n) is 9.94. The maximum Gasteiger partial charge on any atom is 0.104 e. The first kappa shape index (κ1) is 12.2. The largest absolute Gasteiger partial charge is 0.384 e. The van der Waals surface area contributed by atoms with Crippen LogP contribution in [0.2, 0.25) is 5.02 Å². The summed E-state index contributed by atoms with van der Waals surface area (Å²) in [6, 6.07) is 13.3. The topological polar surface area (TPSA) is 20.2 Å². The minimum absolute atomic E-state index is 0.591. The van der Waals surface area contributed by atoms with Crippen molar-refractivity contribution >= 4 is 11.6 Å². The third-order valence-corrected chi connectivity index (χ3v) is 3.38. The van der Waals surface area contributed by atoms with Gasteiger partial charge in [-0.25, -0.2) is 0 Å². The number of hydrogen-bond acceptors (Lipinski definition) is 1. The highest BCUT2D eigenvalue weighted by molar-refractivity contribution is 6.30. The van der Waals surface area contributed by atoms with Crippen molar-refractivity contribution in [2.24, 2.45) is 0 Å². The van der Waals surface area contributed by atoms with Gasteiger partial charge in [0.05, 0.1) is 0 Å². The van der Waals surface area contributed by atoms with E-state index in [0.29, 0.717) is 5.02 Å². The molecule has 0 aliphatic heterocycles. The minimum atomic E-state index is -0.591. The van der Waals surface area contributed by atoms with Crippen LogP contribution in [0.4, 0.5) is 0 Å². The molecule has 0 aliphatic rings. The summed E-state index contributed by atoms with van der Waals surface area (Å²) in [4.78, 5) is 0. The standard InChI is InChI=1S/C15H15ClO/c1-10-4-3-5-14(11(10)2)15(17)12-6-8-13(16)9-7-12/h3-9,15,17H,1-2H3. The normalized spacial score (nSPS) is 12.5. The molecule has 0 radical (unpaired) electrons. The Bertz CT molecular complexity index is 517. The highest BCUT2D eigenvalue weighted by atomic mass is 35.5. The molecule has 2 heteroatoms. The SMILES string of the molecule is Cc1cccc(C(O)c2ccc(Cl)cc2)c1C. The molecule has 1 atom stereocenters. The van der Waals surface area contributed by atoms with Crippen molar-refractivity contribution in [3.63, 3.8) is 0 Å². The molecule has 0 heterocycles. The van der Waals surface area contributed by atoms with E-state index in [2.05, 4.69) is 0 Å². The number of rotatable bonds is 2. The Hall–Kier alpha value is -1.31. The molecule has 0 saturated heterocycles. The van der Waals surface area contributed by atoms with Crippen LogP contribution in [0.5, 0.6) is 0 Å². The average molecular weight is 247 g/mol. The average Bonchev–Trinajstić information content (AvgIpc) is 2.33. The number of aryl methyl sites for hydroxylation is 1. The van der Waals surface area contributed by atoms with Crippen LogP contribution < -0.4 is 0 Å². The van der Waals surface area contributed by atoms with Crippen LogP contribution in [0, 0.1) is 13.8 Å². The van der Waals surface area contributed by atoms with E-state index in [1.54, 1.807) is 12.1 Å². The van der Waals surface area contributed by atoms with Gasteiger partial charge in [-0.15, -0.1) is 0 Å². The third-order valence-electron chi connectivity index (χ3n) is 3.13. The van der Waals surface area contributed by atoms with Crippen molar-refractivity contribution in [1.82, 2.24) is 0 Å². The van der Waals surface area contributed by atoms with Gasteiger partial charge in [0.25, 0.3) is 0 Å². The van der Waals surface area contributed by atoms with E-state index >= 15 is 0 Å². The summed E-state index contributed by atoms with van der Waals surface area (Å²) in [5, 5.41) is 11.0. The van der Waals surface area contributed by atoms with Gasteiger partial charge in [0.2, 0.25) is 0 Å². The first-order valence-electron chi connectivity index (χ1n) is 5.59. The maximum absolute atomic E-state index is 10.3. The number of hydrogen-bond donors (Lipinski definition) is 1. The molecule has 88 valence electrons. The molecule has 0 fully saturated rings. The summed E-state index contributed by atoms with van der Waals surface area (Å²) in [6.07, 6.45) is -0.591. The van der Waals surface area contributed by atoms with E-state index in [0.717, 1.165) is 16.7 Å². The molecule has 0 amide bonds. The lowest BCUT2D eigenvalue weighted by molar-refractivity contribution is 0.219. The molecule has 2 aromatic carbocycles. The second kappa shape index (κ2) is 4.91. The first-order chi connectivity index (χ1) is 8.09. The lowest BCUT2D eigenvalue weighted by atomic mass is 9.95. The molecule has 1 N–H and O–H groups in total. The van der Waals surface area contributed by atoms with Gasteiger partial charge in [0.1, 0.15) is 6.10 Å². The Kier molecular flexibility index (Phi) is 3.51. The molecule has 2 rings (SSSR count). The van der Waals surface area contributed by atoms with Gasteiger partial charge in [0.15, 0.2) is 0 Å². The molecule has 0 saturated carbocycles. The molecule has 17 heavy (non-hydrogen) atoms. The monoisotopic (exact) mass is 246 g/mol. The summed E-state index contributed by atoms with van der Waals surface area (Å²) < 4.78 is 0. The van der Waals surface area contributed by atoms with Crippen molar-refractivity contribution < 1.29 is 5.11 Å². The van der Waals surface area contributed by atoms with Crippen molar-refractivity contribution in [1.29, 1.82) is 0 Å². The fraction of sp³-hybridized carbons (Fsp3) is 0.200. The second-order valence-corrected chi connectivity index (χ2v) is 4.68. The zero-order chi connectivity index (χ0) is 12.4. The number of aliphatic hydroxyl groups is 1. The van der Waals surface area contributed by atoms with E-state index in [-0.39, 0.29) is 0 Å². The highest BCUT2D eigenvalue weighted by Gasteiger charge is 2.13. The molecule has 0 bridgehead atoms. The Morgan fingerprint density at radius 3 is 2.29 bits per heavy atom. The summed E-state index contributed by atoms with van der Waals surface area (Å²) >= 11 is 5.84. The second-order valence-electron chi connectivity index (χ2n) is 4.24. The summed E-state index contributed by atoms with van der Waals surface area (Å²) in [5.41, 5.74) is 4.14. The molecule has 2 aromatic rings. The lowest BCUT2D eigenvalue weighted by Gasteiger charge is -2.15. The molecule has 0 aliphatic carbocycles. The van der Waals surface area contributed by atoms with E-state index in [1.165, 1.54) is 5.56 Å². The van der Waals surface area contributed by atoms with Crippen molar-refractivity contribution in [2.75, 3.05) is 0 Å². The smallest absolute Gasteiger partial charge is 0.104 e. The molecule has 0 spiro atoms. The van der Waals surface area contributed by atoms with Crippen molar-refractivity contribution in [3.05, 3.63) is 69.7 Å². The fourth-order valence-corrected chi connectivity index (χ4v) is 2.02. The lowest BCUT2D eigenvalue weighted by Crippen LogP contribution is -2.02. The fourth-order valence-electron chi connectivity index (χ4n) is 1.89. The third kappa shape index (κ3) is 2.51. The Balaban J connectivity index is 2.40. The van der Waals surface area contributed by atoms with Gasteiger partial charge in [-0.05, 0) is 48.2 Å². The maximum atomic E-state index is 10.3. The molecule has 1 nitrogen and oxygen atoms in total. The van der Waals surface area contributed by atoms with Crippen molar-refractivity contribution in [2.45, 2.75) is 20.0 Å². The van der Waals surface area contributed by atoms with Crippen LogP contribution in [-0.2, 0) is 0 Å². The van der Waals surface area contributed by atoms with E-state index < -0.39 is 6.10 Å². The molecule has 0 aromatic heterocycles. The van der Waals surface area contributed by atoms with Crippen LogP contribution in [0.25, 0.3) is 0 Å². The Labute approximate surface area is 107 Å². The molecular weight excluding hydrogens is 232 g/mol.